The number of morpholine rings is 1. The lowest BCUT2D eigenvalue weighted by molar-refractivity contribution is -0.0633. The molecule has 25 heavy (non-hydrogen) atoms. The van der Waals surface area contributed by atoms with Crippen LogP contribution in [0.1, 0.15) is 18.5 Å². The molecule has 0 radical (unpaired) electrons. The van der Waals surface area contributed by atoms with Crippen LogP contribution in [0.2, 0.25) is 0 Å². The molecule has 0 N–H and O–H groups in total. The zero-order valence-electron chi connectivity index (χ0n) is 14.0. The van der Waals surface area contributed by atoms with E-state index in [1.54, 1.807) is 18.5 Å². The Bertz CT molecular complexity index is 773. The predicted octanol–water partition coefficient (Wildman–Crippen LogP) is 1.62. The van der Waals surface area contributed by atoms with Crippen LogP contribution < -0.4 is 9.80 Å². The Balaban J connectivity index is 1.54. The molecule has 4 heterocycles. The Morgan fingerprint density at radius 2 is 1.92 bits per heavy atom. The van der Waals surface area contributed by atoms with Crippen molar-refractivity contribution in [2.24, 2.45) is 0 Å². The second-order valence-electron chi connectivity index (χ2n) is 6.52. The fourth-order valence-electron chi connectivity index (χ4n) is 3.67. The van der Waals surface area contributed by atoms with Gasteiger partial charge in [-0.1, -0.05) is 6.07 Å². The summed E-state index contributed by atoms with van der Waals surface area (Å²) in [6.45, 7) is 3.92. The maximum atomic E-state index is 9.09. The van der Waals surface area contributed by atoms with Gasteiger partial charge in [0.15, 0.2) is 0 Å². The number of aromatic nitrogens is 3. The number of nitriles is 1. The number of nitrogens with zero attached hydrogens (tertiary/aromatic N) is 6. The molecule has 0 unspecified atom stereocenters. The standard InChI is InChI=1S/C18H20N6O/c19-12-15-4-1-5-16(22-15)23-9-2-6-18(13-23)14-24(10-11-25-18)17-20-7-3-8-21-17/h1,3-5,7-8H,2,6,9-11,13-14H2/t18-/m1/s1. The number of piperidine rings is 1. The van der Waals surface area contributed by atoms with Gasteiger partial charge in [-0.3, -0.25) is 0 Å². The zero-order valence-corrected chi connectivity index (χ0v) is 14.0. The van der Waals surface area contributed by atoms with Crippen molar-refractivity contribution >= 4 is 11.8 Å². The molecular formula is C18H20N6O. The van der Waals surface area contributed by atoms with Crippen LogP contribution in [0.3, 0.4) is 0 Å². The highest BCUT2D eigenvalue weighted by atomic mass is 16.5. The molecule has 128 valence electrons. The van der Waals surface area contributed by atoms with E-state index >= 15 is 0 Å². The van der Waals surface area contributed by atoms with Crippen molar-refractivity contribution in [2.75, 3.05) is 42.6 Å². The van der Waals surface area contributed by atoms with Crippen molar-refractivity contribution in [3.63, 3.8) is 0 Å². The molecule has 1 atom stereocenters. The van der Waals surface area contributed by atoms with Crippen LogP contribution in [-0.4, -0.2) is 53.3 Å². The zero-order chi connectivity index (χ0) is 17.1. The van der Waals surface area contributed by atoms with Crippen LogP contribution in [0.25, 0.3) is 0 Å². The predicted molar refractivity (Wildman–Crippen MR) is 93.3 cm³/mol. The molecule has 2 fully saturated rings. The second kappa shape index (κ2) is 6.65. The van der Waals surface area contributed by atoms with E-state index in [1.807, 2.05) is 18.2 Å². The van der Waals surface area contributed by atoms with Gasteiger partial charge in [-0.15, -0.1) is 0 Å². The van der Waals surface area contributed by atoms with Gasteiger partial charge in [-0.05, 0) is 31.0 Å². The first-order valence-corrected chi connectivity index (χ1v) is 8.56. The van der Waals surface area contributed by atoms with Crippen molar-refractivity contribution in [1.82, 2.24) is 15.0 Å². The Morgan fingerprint density at radius 3 is 2.76 bits per heavy atom. The quantitative estimate of drug-likeness (QED) is 0.824. The summed E-state index contributed by atoms with van der Waals surface area (Å²) in [5.74, 6) is 1.60. The van der Waals surface area contributed by atoms with Crippen LogP contribution >= 0.6 is 0 Å². The summed E-state index contributed by atoms with van der Waals surface area (Å²) >= 11 is 0. The molecule has 0 amide bonds. The molecule has 2 aromatic heterocycles. The topological polar surface area (TPSA) is 78.2 Å². The van der Waals surface area contributed by atoms with Gasteiger partial charge in [0.1, 0.15) is 23.2 Å². The average molecular weight is 336 g/mol. The molecule has 0 saturated carbocycles. The van der Waals surface area contributed by atoms with E-state index in [-0.39, 0.29) is 5.60 Å². The van der Waals surface area contributed by atoms with E-state index in [0.717, 1.165) is 50.8 Å². The fourth-order valence-corrected chi connectivity index (χ4v) is 3.67. The summed E-state index contributed by atoms with van der Waals surface area (Å²) < 4.78 is 6.23. The molecule has 2 aromatic rings. The third kappa shape index (κ3) is 3.26. The number of hydrogen-bond acceptors (Lipinski definition) is 7. The Kier molecular flexibility index (Phi) is 4.20. The van der Waals surface area contributed by atoms with Crippen molar-refractivity contribution in [3.05, 3.63) is 42.4 Å². The Hall–Kier alpha value is -2.72. The minimum Gasteiger partial charge on any atom is -0.369 e. The van der Waals surface area contributed by atoms with Gasteiger partial charge in [0, 0.05) is 25.5 Å². The first-order chi connectivity index (χ1) is 12.3. The molecule has 0 aliphatic carbocycles. The lowest BCUT2D eigenvalue weighted by atomic mass is 9.90. The maximum absolute atomic E-state index is 9.09. The maximum Gasteiger partial charge on any atom is 0.225 e. The largest absolute Gasteiger partial charge is 0.369 e. The van der Waals surface area contributed by atoms with Gasteiger partial charge in [0.2, 0.25) is 5.95 Å². The number of hydrogen-bond donors (Lipinski definition) is 0. The molecule has 1 spiro atoms. The third-order valence-electron chi connectivity index (χ3n) is 4.80. The Labute approximate surface area is 146 Å². The lowest BCUT2D eigenvalue weighted by Crippen LogP contribution is -2.60. The van der Waals surface area contributed by atoms with Gasteiger partial charge in [-0.2, -0.15) is 5.26 Å². The minimum absolute atomic E-state index is 0.250. The highest BCUT2D eigenvalue weighted by molar-refractivity contribution is 5.43. The molecule has 7 nitrogen and oxygen atoms in total. The molecule has 7 heteroatoms. The highest BCUT2D eigenvalue weighted by Gasteiger charge is 2.41. The average Bonchev–Trinajstić information content (AvgIpc) is 2.69. The van der Waals surface area contributed by atoms with Gasteiger partial charge < -0.3 is 14.5 Å². The van der Waals surface area contributed by atoms with Crippen LogP contribution in [-0.2, 0) is 4.74 Å². The fraction of sp³-hybridized carbons (Fsp3) is 0.444. The van der Waals surface area contributed by atoms with Crippen molar-refractivity contribution < 1.29 is 4.74 Å². The van der Waals surface area contributed by atoms with E-state index in [4.69, 9.17) is 10.00 Å². The van der Waals surface area contributed by atoms with E-state index in [2.05, 4.69) is 30.8 Å². The van der Waals surface area contributed by atoms with Crippen molar-refractivity contribution in [2.45, 2.75) is 18.4 Å². The van der Waals surface area contributed by atoms with Crippen molar-refractivity contribution in [1.29, 1.82) is 5.26 Å². The molecule has 2 aliphatic rings. The lowest BCUT2D eigenvalue weighted by Gasteiger charge is -2.48. The number of ether oxygens (including phenoxy) is 1. The van der Waals surface area contributed by atoms with Gasteiger partial charge in [0.05, 0.1) is 19.7 Å². The molecular weight excluding hydrogens is 316 g/mol. The molecule has 2 saturated heterocycles. The first-order valence-electron chi connectivity index (χ1n) is 8.56. The highest BCUT2D eigenvalue weighted by Crippen LogP contribution is 2.32. The summed E-state index contributed by atoms with van der Waals surface area (Å²) in [6.07, 6.45) is 5.58. The normalized spacial score (nSPS) is 23.5. The van der Waals surface area contributed by atoms with Crippen LogP contribution in [0.4, 0.5) is 11.8 Å². The molecule has 4 rings (SSSR count). The SMILES string of the molecule is N#Cc1cccc(N2CCC[C@@]3(C2)CN(c2ncccn2)CCO3)n1. The van der Waals surface area contributed by atoms with E-state index in [9.17, 15) is 0 Å². The second-order valence-corrected chi connectivity index (χ2v) is 6.52. The Morgan fingerprint density at radius 1 is 1.08 bits per heavy atom. The third-order valence-corrected chi connectivity index (χ3v) is 4.80. The van der Waals surface area contributed by atoms with Gasteiger partial charge in [0.25, 0.3) is 0 Å². The number of rotatable bonds is 2. The van der Waals surface area contributed by atoms with E-state index in [1.165, 1.54) is 0 Å². The summed E-state index contributed by atoms with van der Waals surface area (Å²) in [6, 6.07) is 9.51. The monoisotopic (exact) mass is 336 g/mol. The summed E-state index contributed by atoms with van der Waals surface area (Å²) in [5, 5.41) is 9.09. The van der Waals surface area contributed by atoms with E-state index in [0.29, 0.717) is 12.3 Å². The minimum atomic E-state index is -0.250. The number of anilines is 2. The smallest absolute Gasteiger partial charge is 0.225 e. The van der Waals surface area contributed by atoms with Crippen LogP contribution in [0, 0.1) is 11.3 Å². The molecule has 0 bridgehead atoms. The van der Waals surface area contributed by atoms with Crippen LogP contribution in [0.5, 0.6) is 0 Å². The van der Waals surface area contributed by atoms with Crippen LogP contribution in [0.15, 0.2) is 36.7 Å². The van der Waals surface area contributed by atoms with E-state index < -0.39 is 0 Å². The number of pyridine rings is 1. The summed E-state index contributed by atoms with van der Waals surface area (Å²) in [4.78, 5) is 17.6. The summed E-state index contributed by atoms with van der Waals surface area (Å²) in [5.41, 5.74) is 0.195. The van der Waals surface area contributed by atoms with Crippen molar-refractivity contribution in [3.8, 4) is 6.07 Å². The molecule has 0 aromatic carbocycles. The van der Waals surface area contributed by atoms with Gasteiger partial charge >= 0.3 is 0 Å². The van der Waals surface area contributed by atoms with Gasteiger partial charge in [-0.25, -0.2) is 15.0 Å². The first kappa shape index (κ1) is 15.8. The molecule has 2 aliphatic heterocycles. The summed E-state index contributed by atoms with van der Waals surface area (Å²) in [7, 11) is 0.